The summed E-state index contributed by atoms with van der Waals surface area (Å²) >= 11 is 0. The van der Waals surface area contributed by atoms with Gasteiger partial charge < -0.3 is 4.74 Å². The zero-order chi connectivity index (χ0) is 15.9. The molecule has 22 heavy (non-hydrogen) atoms. The number of benzene rings is 1. The van der Waals surface area contributed by atoms with Crippen molar-refractivity contribution in [2.75, 3.05) is 0 Å². The number of nitrogens with zero attached hydrogens (tertiary/aromatic N) is 1. The molecule has 114 valence electrons. The molecule has 0 aliphatic carbocycles. The summed E-state index contributed by atoms with van der Waals surface area (Å²) in [4.78, 5) is 25.7. The monoisotopic (exact) mass is 297 g/mol. The maximum absolute atomic E-state index is 12.4. The first-order valence-corrected chi connectivity index (χ1v) is 7.22. The first-order valence-electron chi connectivity index (χ1n) is 7.22. The van der Waals surface area contributed by atoms with E-state index in [0.29, 0.717) is 6.42 Å². The van der Waals surface area contributed by atoms with Crippen LogP contribution in [0.25, 0.3) is 0 Å². The van der Waals surface area contributed by atoms with Crippen LogP contribution in [0.3, 0.4) is 0 Å². The zero-order valence-corrected chi connectivity index (χ0v) is 12.4. The first-order chi connectivity index (χ1) is 10.7. The molecule has 1 fully saturated rings. The van der Waals surface area contributed by atoms with Crippen LogP contribution >= 0.6 is 0 Å². The summed E-state index contributed by atoms with van der Waals surface area (Å²) in [7, 11) is 0. The van der Waals surface area contributed by atoms with Gasteiger partial charge in [0.2, 0.25) is 0 Å². The SMILES string of the molecule is C#CC[C@H]1CC(=O)C[C@@H](C=C)N1C(=O)OCc1ccccc1. The minimum atomic E-state index is -0.457. The lowest BCUT2D eigenvalue weighted by Gasteiger charge is -2.38. The Kier molecular flexibility index (Phi) is 5.37. The van der Waals surface area contributed by atoms with Gasteiger partial charge in [-0.3, -0.25) is 9.69 Å². The Morgan fingerprint density at radius 1 is 1.41 bits per heavy atom. The van der Waals surface area contributed by atoms with Gasteiger partial charge in [-0.25, -0.2) is 4.79 Å². The molecule has 0 unspecified atom stereocenters. The molecule has 1 aromatic carbocycles. The standard InChI is InChI=1S/C18H19NO3/c1-3-8-16-12-17(20)11-15(4-2)19(16)18(21)22-13-14-9-6-5-7-10-14/h1,4-7,9-10,15-16H,2,8,11-13H2/t15-,16+/m1/s1. The number of piperidine rings is 1. The van der Waals surface area contributed by atoms with Crippen LogP contribution < -0.4 is 0 Å². The van der Waals surface area contributed by atoms with Gasteiger partial charge in [-0.05, 0) is 5.56 Å². The molecule has 0 aromatic heterocycles. The average molecular weight is 297 g/mol. The zero-order valence-electron chi connectivity index (χ0n) is 12.4. The summed E-state index contributed by atoms with van der Waals surface area (Å²) in [5.74, 6) is 2.62. The number of Topliss-reactive ketones (excluding diaryl/α,β-unsaturated/α-hetero) is 1. The molecule has 1 aliphatic heterocycles. The fraction of sp³-hybridized carbons (Fsp3) is 0.333. The van der Waals surface area contributed by atoms with E-state index in [2.05, 4.69) is 12.5 Å². The maximum Gasteiger partial charge on any atom is 0.410 e. The lowest BCUT2D eigenvalue weighted by molar-refractivity contribution is -0.123. The average Bonchev–Trinajstić information content (AvgIpc) is 2.53. The van der Waals surface area contributed by atoms with E-state index in [-0.39, 0.29) is 37.3 Å². The number of rotatable bonds is 4. The molecule has 0 N–H and O–H groups in total. The molecule has 2 atom stereocenters. The first kappa shape index (κ1) is 15.8. The number of hydrogen-bond donors (Lipinski definition) is 0. The van der Waals surface area contributed by atoms with Gasteiger partial charge in [0.25, 0.3) is 0 Å². The van der Waals surface area contributed by atoms with Gasteiger partial charge in [-0.1, -0.05) is 36.4 Å². The van der Waals surface area contributed by atoms with Gasteiger partial charge in [0, 0.05) is 19.3 Å². The minimum absolute atomic E-state index is 0.0947. The van der Waals surface area contributed by atoms with Crippen LogP contribution in [0.4, 0.5) is 4.79 Å². The third-order valence-electron chi connectivity index (χ3n) is 3.69. The predicted octanol–water partition coefficient (Wildman–Crippen LogP) is 2.93. The van der Waals surface area contributed by atoms with Gasteiger partial charge in [0.05, 0.1) is 12.1 Å². The molecule has 1 aliphatic rings. The van der Waals surface area contributed by atoms with Gasteiger partial charge in [0.15, 0.2) is 0 Å². The van der Waals surface area contributed by atoms with Crippen molar-refractivity contribution in [1.29, 1.82) is 0 Å². The summed E-state index contributed by atoms with van der Waals surface area (Å²) in [6, 6.07) is 8.76. The third kappa shape index (κ3) is 3.76. The Morgan fingerprint density at radius 3 is 2.77 bits per heavy atom. The van der Waals surface area contributed by atoms with Crippen molar-refractivity contribution in [2.45, 2.75) is 38.0 Å². The molecule has 0 saturated carbocycles. The van der Waals surface area contributed by atoms with E-state index in [1.165, 1.54) is 0 Å². The van der Waals surface area contributed by atoms with Crippen LogP contribution in [0.5, 0.6) is 0 Å². The van der Waals surface area contributed by atoms with E-state index in [1.54, 1.807) is 11.0 Å². The highest BCUT2D eigenvalue weighted by molar-refractivity contribution is 5.83. The molecule has 0 radical (unpaired) electrons. The van der Waals surface area contributed by atoms with E-state index < -0.39 is 6.09 Å². The number of ether oxygens (including phenoxy) is 1. The summed E-state index contributed by atoms with van der Waals surface area (Å²) in [6.07, 6.45) is 7.37. The van der Waals surface area contributed by atoms with Crippen LogP contribution in [0.1, 0.15) is 24.8 Å². The highest BCUT2D eigenvalue weighted by atomic mass is 16.6. The van der Waals surface area contributed by atoms with Crippen molar-refractivity contribution in [1.82, 2.24) is 4.90 Å². The van der Waals surface area contributed by atoms with Gasteiger partial charge >= 0.3 is 6.09 Å². The van der Waals surface area contributed by atoms with E-state index in [9.17, 15) is 9.59 Å². The maximum atomic E-state index is 12.4. The molecule has 4 heteroatoms. The Morgan fingerprint density at radius 2 is 2.14 bits per heavy atom. The molecule has 1 aromatic rings. The van der Waals surface area contributed by atoms with Crippen LogP contribution in [0, 0.1) is 12.3 Å². The van der Waals surface area contributed by atoms with Crippen molar-refractivity contribution in [2.24, 2.45) is 0 Å². The highest BCUT2D eigenvalue weighted by Crippen LogP contribution is 2.24. The smallest absolute Gasteiger partial charge is 0.410 e. The molecule has 0 spiro atoms. The van der Waals surface area contributed by atoms with Gasteiger partial charge in [-0.2, -0.15) is 0 Å². The van der Waals surface area contributed by atoms with Crippen LogP contribution in [-0.4, -0.2) is 28.9 Å². The van der Waals surface area contributed by atoms with E-state index in [1.807, 2.05) is 30.3 Å². The quantitative estimate of drug-likeness (QED) is 0.634. The van der Waals surface area contributed by atoms with Crippen LogP contribution in [-0.2, 0) is 16.1 Å². The molecule has 4 nitrogen and oxygen atoms in total. The highest BCUT2D eigenvalue weighted by Gasteiger charge is 2.36. The molecule has 1 saturated heterocycles. The molecule has 1 heterocycles. The largest absolute Gasteiger partial charge is 0.445 e. The Bertz CT molecular complexity index is 588. The molecular weight excluding hydrogens is 278 g/mol. The number of hydrogen-bond acceptors (Lipinski definition) is 3. The van der Waals surface area contributed by atoms with Crippen molar-refractivity contribution in [3.8, 4) is 12.3 Å². The van der Waals surface area contributed by atoms with E-state index in [0.717, 1.165) is 5.56 Å². The Labute approximate surface area is 130 Å². The second-order valence-corrected chi connectivity index (χ2v) is 5.26. The van der Waals surface area contributed by atoms with Crippen LogP contribution in [0.2, 0.25) is 0 Å². The number of ketones is 1. The Hall–Kier alpha value is -2.54. The fourth-order valence-corrected chi connectivity index (χ4v) is 2.63. The molecule has 2 rings (SSSR count). The number of amides is 1. The van der Waals surface area contributed by atoms with Crippen LogP contribution in [0.15, 0.2) is 43.0 Å². The predicted molar refractivity (Wildman–Crippen MR) is 83.9 cm³/mol. The van der Waals surface area contributed by atoms with Crippen molar-refractivity contribution in [3.63, 3.8) is 0 Å². The van der Waals surface area contributed by atoms with Crippen molar-refractivity contribution < 1.29 is 14.3 Å². The fourth-order valence-electron chi connectivity index (χ4n) is 2.63. The van der Waals surface area contributed by atoms with Crippen molar-refractivity contribution >= 4 is 11.9 Å². The third-order valence-corrected chi connectivity index (χ3v) is 3.69. The lowest BCUT2D eigenvalue weighted by atomic mass is 9.93. The summed E-state index contributed by atoms with van der Waals surface area (Å²) < 4.78 is 5.37. The number of carbonyl (C=O) groups is 2. The summed E-state index contributed by atoms with van der Waals surface area (Å²) in [5.41, 5.74) is 0.910. The molecule has 0 bridgehead atoms. The second-order valence-electron chi connectivity index (χ2n) is 5.26. The number of likely N-dealkylation sites (tertiary alicyclic amines) is 1. The minimum Gasteiger partial charge on any atom is -0.445 e. The molecule has 1 amide bonds. The van der Waals surface area contributed by atoms with E-state index >= 15 is 0 Å². The number of carbonyl (C=O) groups excluding carboxylic acids is 2. The Balaban J connectivity index is 2.07. The summed E-state index contributed by atoms with van der Waals surface area (Å²) in [6.45, 7) is 3.90. The van der Waals surface area contributed by atoms with Gasteiger partial charge in [-0.15, -0.1) is 18.9 Å². The summed E-state index contributed by atoms with van der Waals surface area (Å²) in [5, 5.41) is 0. The number of terminal acetylenes is 1. The van der Waals surface area contributed by atoms with Gasteiger partial charge in [0.1, 0.15) is 12.4 Å². The van der Waals surface area contributed by atoms with Crippen molar-refractivity contribution in [3.05, 3.63) is 48.6 Å². The topological polar surface area (TPSA) is 46.6 Å². The normalized spacial score (nSPS) is 21.0. The van der Waals surface area contributed by atoms with E-state index in [4.69, 9.17) is 11.2 Å². The second kappa shape index (κ2) is 7.46. The lowest BCUT2D eigenvalue weighted by Crippen LogP contribution is -2.51. The molecular formula is C18H19NO3.